The van der Waals surface area contributed by atoms with Crippen molar-refractivity contribution in [3.8, 4) is 0 Å². The summed E-state index contributed by atoms with van der Waals surface area (Å²) in [6.45, 7) is 5.49. The molecule has 2 aromatic heterocycles. The number of carbonyl (C=O) groups is 1. The monoisotopic (exact) mass is 409 g/mol. The average Bonchev–Trinajstić information content (AvgIpc) is 3.21. The molecule has 1 atom stereocenters. The molecular weight excluding hydrogens is 386 g/mol. The van der Waals surface area contributed by atoms with E-state index in [2.05, 4.69) is 9.97 Å². The lowest BCUT2D eigenvalue weighted by Crippen LogP contribution is -2.42. The predicted octanol–water partition coefficient (Wildman–Crippen LogP) is 4.19. The molecule has 7 heteroatoms. The van der Waals surface area contributed by atoms with Crippen LogP contribution in [0.3, 0.4) is 0 Å². The zero-order valence-electron chi connectivity index (χ0n) is 16.5. The second-order valence-corrected chi connectivity index (χ2v) is 7.95. The van der Waals surface area contributed by atoms with Gasteiger partial charge in [-0.2, -0.15) is 0 Å². The number of hydrogen-bond acceptors (Lipinski definition) is 6. The van der Waals surface area contributed by atoms with Gasteiger partial charge in [-0.3, -0.25) is 4.79 Å². The Labute approximate surface area is 174 Å². The van der Waals surface area contributed by atoms with E-state index in [1.54, 1.807) is 11.0 Å². The first-order valence-corrected chi connectivity index (χ1v) is 10.6. The Bertz CT molecular complexity index is 970. The third kappa shape index (κ3) is 4.86. The number of nitrogens with zero attached hydrogens (tertiary/aromatic N) is 3. The van der Waals surface area contributed by atoms with Crippen molar-refractivity contribution in [2.45, 2.75) is 30.9 Å². The Morgan fingerprint density at radius 3 is 2.66 bits per heavy atom. The number of ether oxygens (including phenoxy) is 1. The number of hydrogen-bond donors (Lipinski definition) is 0. The summed E-state index contributed by atoms with van der Waals surface area (Å²) in [4.78, 5) is 23.5. The number of furan rings is 1. The maximum Gasteiger partial charge on any atom is 0.289 e. The van der Waals surface area contributed by atoms with Gasteiger partial charge in [0.05, 0.1) is 18.9 Å². The van der Waals surface area contributed by atoms with Crippen molar-refractivity contribution >= 4 is 17.7 Å². The van der Waals surface area contributed by atoms with Crippen molar-refractivity contribution in [2.75, 3.05) is 19.7 Å². The van der Waals surface area contributed by atoms with E-state index in [9.17, 15) is 4.79 Å². The van der Waals surface area contributed by atoms with Gasteiger partial charge in [0.15, 0.2) is 10.9 Å². The highest BCUT2D eigenvalue weighted by Crippen LogP contribution is 2.25. The van der Waals surface area contributed by atoms with Crippen LogP contribution in [0.5, 0.6) is 0 Å². The summed E-state index contributed by atoms with van der Waals surface area (Å²) in [6.07, 6.45) is -0.111. The predicted molar refractivity (Wildman–Crippen MR) is 111 cm³/mol. The van der Waals surface area contributed by atoms with E-state index in [1.165, 1.54) is 11.8 Å². The molecule has 3 aromatic rings. The van der Waals surface area contributed by atoms with Gasteiger partial charge in [0, 0.05) is 17.9 Å². The van der Waals surface area contributed by atoms with Crippen molar-refractivity contribution < 1.29 is 13.9 Å². The van der Waals surface area contributed by atoms with E-state index in [0.29, 0.717) is 36.4 Å². The number of morpholine rings is 1. The highest BCUT2D eigenvalue weighted by atomic mass is 32.2. The summed E-state index contributed by atoms with van der Waals surface area (Å²) in [5.41, 5.74) is 2.96. The van der Waals surface area contributed by atoms with Crippen LogP contribution in [0.25, 0.3) is 0 Å². The van der Waals surface area contributed by atoms with Gasteiger partial charge in [-0.25, -0.2) is 9.97 Å². The Kier molecular flexibility index (Phi) is 5.97. The van der Waals surface area contributed by atoms with Crippen molar-refractivity contribution in [3.63, 3.8) is 0 Å². The average molecular weight is 410 g/mol. The minimum absolute atomic E-state index is 0.104. The third-order valence-electron chi connectivity index (χ3n) is 4.70. The lowest BCUT2D eigenvalue weighted by molar-refractivity contribution is -0.0238. The zero-order valence-corrected chi connectivity index (χ0v) is 17.3. The molecule has 1 fully saturated rings. The van der Waals surface area contributed by atoms with Gasteiger partial charge in [0.1, 0.15) is 11.9 Å². The maximum absolute atomic E-state index is 12.9. The Morgan fingerprint density at radius 2 is 1.90 bits per heavy atom. The molecule has 29 heavy (non-hydrogen) atoms. The second kappa shape index (κ2) is 8.80. The van der Waals surface area contributed by atoms with Gasteiger partial charge in [0.2, 0.25) is 0 Å². The van der Waals surface area contributed by atoms with E-state index in [4.69, 9.17) is 9.15 Å². The number of aromatic nitrogens is 2. The molecule has 6 nitrogen and oxygen atoms in total. The Morgan fingerprint density at radius 1 is 1.14 bits per heavy atom. The first kappa shape index (κ1) is 19.7. The topological polar surface area (TPSA) is 68.5 Å². The number of amides is 1. The largest absolute Gasteiger partial charge is 0.455 e. The van der Waals surface area contributed by atoms with Crippen LogP contribution >= 0.6 is 11.8 Å². The first-order valence-electron chi connectivity index (χ1n) is 9.58. The van der Waals surface area contributed by atoms with Crippen LogP contribution in [0, 0.1) is 13.8 Å². The molecule has 0 unspecified atom stereocenters. The summed E-state index contributed by atoms with van der Waals surface area (Å²) in [5.74, 6) is 1.56. The Hall–Kier alpha value is -2.64. The molecule has 0 N–H and O–H groups in total. The highest BCUT2D eigenvalue weighted by molar-refractivity contribution is 7.98. The van der Waals surface area contributed by atoms with Crippen LogP contribution in [0.1, 0.15) is 39.4 Å². The summed E-state index contributed by atoms with van der Waals surface area (Å²) < 4.78 is 11.7. The minimum atomic E-state index is -0.111. The van der Waals surface area contributed by atoms with E-state index in [0.717, 1.165) is 22.7 Å². The quantitative estimate of drug-likeness (QED) is 0.465. The third-order valence-corrected chi connectivity index (χ3v) is 5.57. The number of rotatable bonds is 5. The van der Waals surface area contributed by atoms with Gasteiger partial charge >= 0.3 is 0 Å². The molecule has 0 saturated carbocycles. The normalized spacial score (nSPS) is 16.8. The number of aryl methyl sites for hydroxylation is 2. The molecule has 0 bridgehead atoms. The molecule has 1 aliphatic rings. The molecule has 1 aromatic carbocycles. The van der Waals surface area contributed by atoms with Crippen molar-refractivity contribution in [1.82, 2.24) is 14.9 Å². The fraction of sp³-hybridized carbons (Fsp3) is 0.318. The molecule has 0 spiro atoms. The molecular formula is C22H23N3O3S. The highest BCUT2D eigenvalue weighted by Gasteiger charge is 2.27. The van der Waals surface area contributed by atoms with Gasteiger partial charge in [-0.05, 0) is 37.6 Å². The van der Waals surface area contributed by atoms with Gasteiger partial charge < -0.3 is 14.1 Å². The van der Waals surface area contributed by atoms with Crippen LogP contribution in [-0.2, 0) is 10.5 Å². The number of thioether (sulfide) groups is 1. The molecule has 1 aliphatic heterocycles. The fourth-order valence-electron chi connectivity index (χ4n) is 3.32. The fourth-order valence-corrected chi connectivity index (χ4v) is 4.17. The van der Waals surface area contributed by atoms with Crippen molar-refractivity contribution in [2.24, 2.45) is 0 Å². The van der Waals surface area contributed by atoms with Gasteiger partial charge in [0.25, 0.3) is 5.91 Å². The molecule has 1 amide bonds. The van der Waals surface area contributed by atoms with E-state index in [1.807, 2.05) is 56.3 Å². The molecule has 4 rings (SSSR count). The molecule has 1 saturated heterocycles. The van der Waals surface area contributed by atoms with E-state index < -0.39 is 0 Å². The smallest absolute Gasteiger partial charge is 0.289 e. The summed E-state index contributed by atoms with van der Waals surface area (Å²) in [7, 11) is 0. The maximum atomic E-state index is 12.9. The number of benzene rings is 1. The number of carbonyl (C=O) groups excluding carboxylic acids is 1. The Balaban J connectivity index is 1.39. The van der Waals surface area contributed by atoms with E-state index >= 15 is 0 Å². The van der Waals surface area contributed by atoms with Crippen LogP contribution < -0.4 is 0 Å². The van der Waals surface area contributed by atoms with Crippen LogP contribution in [0.4, 0.5) is 0 Å². The van der Waals surface area contributed by atoms with Crippen molar-refractivity contribution in [1.29, 1.82) is 0 Å². The van der Waals surface area contributed by atoms with Crippen LogP contribution in [-0.4, -0.2) is 40.5 Å². The SMILES string of the molecule is Cc1cc(C)nc(SCc2ccc(C(=O)N3CCO[C@H](c4ccccc4)C3)o2)n1. The minimum Gasteiger partial charge on any atom is -0.455 e. The lowest BCUT2D eigenvalue weighted by Gasteiger charge is -2.32. The lowest BCUT2D eigenvalue weighted by atomic mass is 10.1. The standard InChI is InChI=1S/C22H23N3O3S/c1-15-12-16(2)24-22(23-15)29-14-18-8-9-19(28-18)21(26)25-10-11-27-20(13-25)17-6-4-3-5-7-17/h3-9,12,20H,10-11,13-14H2,1-2H3/t20-/m0/s1. The molecule has 0 radical (unpaired) electrons. The summed E-state index contributed by atoms with van der Waals surface area (Å²) >= 11 is 1.50. The summed E-state index contributed by atoms with van der Waals surface area (Å²) in [6, 6.07) is 15.5. The molecule has 0 aliphatic carbocycles. The van der Waals surface area contributed by atoms with Gasteiger partial charge in [-0.1, -0.05) is 42.1 Å². The molecule has 150 valence electrons. The molecule has 3 heterocycles. The van der Waals surface area contributed by atoms with Crippen LogP contribution in [0.15, 0.2) is 58.1 Å². The van der Waals surface area contributed by atoms with Crippen LogP contribution in [0.2, 0.25) is 0 Å². The second-order valence-electron chi connectivity index (χ2n) is 7.01. The van der Waals surface area contributed by atoms with Gasteiger partial charge in [-0.15, -0.1) is 0 Å². The zero-order chi connectivity index (χ0) is 20.2. The van der Waals surface area contributed by atoms with E-state index in [-0.39, 0.29) is 12.0 Å². The first-order chi connectivity index (χ1) is 14.1. The van der Waals surface area contributed by atoms with Crippen molar-refractivity contribution in [3.05, 3.63) is 77.0 Å². The summed E-state index contributed by atoms with van der Waals surface area (Å²) in [5, 5.41) is 0.714.